The van der Waals surface area contributed by atoms with Crippen molar-refractivity contribution in [2.45, 2.75) is 247 Å². The largest absolute Gasteiger partial charge is 0.370 e. The number of rotatable bonds is 45. The summed E-state index contributed by atoms with van der Waals surface area (Å²) in [5.74, 6) is 3.76. The van der Waals surface area contributed by atoms with Crippen molar-refractivity contribution < 1.29 is 0 Å². The second kappa shape index (κ2) is 46.5. The smallest absolute Gasteiger partial charge is 0.195 e. The molecule has 4 unspecified atom stereocenters. The van der Waals surface area contributed by atoms with Crippen LogP contribution in [0.25, 0.3) is 0 Å². The number of nitrogens with two attached hydrogens (primary N) is 4. The first kappa shape index (κ1) is 67.5. The molecule has 0 aliphatic carbocycles. The van der Waals surface area contributed by atoms with Crippen molar-refractivity contribution in [3.63, 3.8) is 0 Å². The summed E-state index contributed by atoms with van der Waals surface area (Å²) in [5, 5.41) is 8.14. The Bertz CT molecular complexity index is 1920. The third kappa shape index (κ3) is 35.7. The van der Waals surface area contributed by atoms with Crippen LogP contribution in [0.15, 0.2) is 79.0 Å². The van der Waals surface area contributed by atoms with E-state index in [1.54, 1.807) is 0 Å². The van der Waals surface area contributed by atoms with E-state index in [1.165, 1.54) is 148 Å². The van der Waals surface area contributed by atoms with Gasteiger partial charge in [-0.1, -0.05) is 183 Å². The Morgan fingerprint density at radius 1 is 0.395 bits per heavy atom. The van der Waals surface area contributed by atoms with Crippen molar-refractivity contribution >= 4 is 23.8 Å². The number of hydrogen-bond acceptors (Lipinski definition) is 6. The van der Waals surface area contributed by atoms with Gasteiger partial charge in [0.1, 0.15) is 0 Å². The number of guanidine groups is 4. The number of aliphatic imine (C=N–C) groups is 4. The second-order valence-corrected chi connectivity index (χ2v) is 21.7. The Kier molecular flexibility index (Phi) is 41.3. The maximum atomic E-state index is 6.29. The number of unbranched alkanes of at least 4 members (excludes halogenated alkanes) is 17. The zero-order valence-electron chi connectivity index (χ0n) is 49.7. The molecule has 0 aliphatic heterocycles. The number of hydrogen-bond donors (Lipinski definition) is 6. The molecule has 0 spiro atoms. The lowest BCUT2D eigenvalue weighted by Gasteiger charge is -2.29. The van der Waals surface area contributed by atoms with Crippen LogP contribution in [0.1, 0.15) is 234 Å². The number of aromatic nitrogens is 2. The summed E-state index contributed by atoms with van der Waals surface area (Å²) >= 11 is 0. The molecule has 0 aromatic carbocycles. The van der Waals surface area contributed by atoms with Crippen LogP contribution in [0.3, 0.4) is 0 Å². The Balaban J connectivity index is 1.58. The SMILES string of the molecule is CCCCCCCCN=c1ccn(CCCCCCCCCCn2ccc(=NCCCCC(CCC)C(CC)CC(CC)CN=C(N)NC(N)=NCCCCCCN=C(N)NC(N)=NCC(CC)CCCC)cc2)cc1. The molecule has 0 bridgehead atoms. The van der Waals surface area contributed by atoms with Crippen LogP contribution >= 0.6 is 0 Å². The highest BCUT2D eigenvalue weighted by atomic mass is 15.2. The molecule has 2 heterocycles. The molecule has 0 saturated heterocycles. The minimum absolute atomic E-state index is 0.314. The number of nitrogens with zero attached hydrogens (tertiary/aromatic N) is 8. The van der Waals surface area contributed by atoms with E-state index < -0.39 is 0 Å². The lowest BCUT2D eigenvalue weighted by Crippen LogP contribution is -2.42. The van der Waals surface area contributed by atoms with Gasteiger partial charge < -0.3 is 32.1 Å². The van der Waals surface area contributed by atoms with Gasteiger partial charge in [-0.05, 0) is 99.3 Å². The summed E-state index contributed by atoms with van der Waals surface area (Å²) < 4.78 is 4.64. The fourth-order valence-corrected chi connectivity index (χ4v) is 10.1. The van der Waals surface area contributed by atoms with Crippen LogP contribution in [-0.2, 0) is 13.1 Å². The Morgan fingerprint density at radius 3 is 1.25 bits per heavy atom. The molecule has 434 valence electrons. The van der Waals surface area contributed by atoms with Crippen LogP contribution in [0.5, 0.6) is 0 Å². The van der Waals surface area contributed by atoms with Gasteiger partial charge in [0.2, 0.25) is 0 Å². The van der Waals surface area contributed by atoms with E-state index in [-0.39, 0.29) is 0 Å². The van der Waals surface area contributed by atoms with Crippen molar-refractivity contribution in [3.05, 3.63) is 59.8 Å². The molecule has 0 saturated carbocycles. The van der Waals surface area contributed by atoms with Gasteiger partial charge in [-0.15, -0.1) is 0 Å². The standard InChI is InChI=1S/C62H116N14/c1-7-13-15-16-21-27-40-67-57-36-46-75(47-37-57)44-31-24-19-17-18-20-25-32-45-76-48-38-58(39-49-76)68-41-30-26-35-56(33-9-3)55(12-6)50-54(11-5)52-72-62(66)74-60(64)70-43-29-23-22-28-42-69-59(63)73-61(65)71-51-53(10-4)34-14-8-2/h36-39,46-49,53-56H,7-35,40-45,50-52H2,1-6H3,(H5,63,65,69,71,73)(H5,64,66,70,72,74). The van der Waals surface area contributed by atoms with Crippen LogP contribution in [-0.4, -0.2) is 72.2 Å². The molecular weight excluding hydrogens is 941 g/mol. The molecule has 0 radical (unpaired) electrons. The number of nitrogens with one attached hydrogen (secondary N) is 2. The zero-order valence-corrected chi connectivity index (χ0v) is 49.7. The highest BCUT2D eigenvalue weighted by molar-refractivity contribution is 5.97. The fraction of sp³-hybridized carbons (Fsp3) is 0.774. The van der Waals surface area contributed by atoms with Crippen LogP contribution in [0.2, 0.25) is 0 Å². The minimum atomic E-state index is 0.314. The first-order valence-corrected chi connectivity index (χ1v) is 31.2. The molecule has 76 heavy (non-hydrogen) atoms. The fourth-order valence-electron chi connectivity index (χ4n) is 10.1. The third-order valence-corrected chi connectivity index (χ3v) is 15.2. The van der Waals surface area contributed by atoms with E-state index >= 15 is 0 Å². The predicted molar refractivity (Wildman–Crippen MR) is 328 cm³/mol. The predicted octanol–water partition coefficient (Wildman–Crippen LogP) is 12.5. The zero-order chi connectivity index (χ0) is 55.1. The lowest BCUT2D eigenvalue weighted by atomic mass is 9.77. The summed E-state index contributed by atoms with van der Waals surface area (Å²) in [6, 6.07) is 8.73. The van der Waals surface area contributed by atoms with Crippen molar-refractivity contribution in [1.82, 2.24) is 19.8 Å². The van der Waals surface area contributed by atoms with E-state index in [0.717, 1.165) is 94.3 Å². The Labute approximate surface area is 464 Å². The first-order chi connectivity index (χ1) is 37.1. The van der Waals surface area contributed by atoms with Gasteiger partial charge in [0.15, 0.2) is 23.8 Å². The molecule has 4 atom stereocenters. The first-order valence-electron chi connectivity index (χ1n) is 31.2. The molecule has 10 N–H and O–H groups in total. The molecule has 0 aliphatic rings. The molecule has 14 nitrogen and oxygen atoms in total. The topological polar surface area (TPSA) is 212 Å². The van der Waals surface area contributed by atoms with Crippen molar-refractivity contribution in [1.29, 1.82) is 0 Å². The second-order valence-electron chi connectivity index (χ2n) is 21.7. The van der Waals surface area contributed by atoms with Gasteiger partial charge in [-0.3, -0.25) is 40.6 Å². The number of pyridine rings is 2. The minimum Gasteiger partial charge on any atom is -0.370 e. The molecule has 2 aromatic heterocycles. The van der Waals surface area contributed by atoms with E-state index in [2.05, 4.69) is 125 Å². The maximum absolute atomic E-state index is 6.29. The van der Waals surface area contributed by atoms with Crippen molar-refractivity contribution in [2.24, 2.45) is 76.6 Å². The van der Waals surface area contributed by atoms with Gasteiger partial charge >= 0.3 is 0 Å². The average molecular weight is 1060 g/mol. The third-order valence-electron chi connectivity index (χ3n) is 15.2. The Morgan fingerprint density at radius 2 is 0.803 bits per heavy atom. The molecular formula is C62H116N14. The molecule has 14 heteroatoms. The summed E-state index contributed by atoms with van der Waals surface area (Å²) in [4.78, 5) is 27.8. The van der Waals surface area contributed by atoms with Gasteiger partial charge in [-0.2, -0.15) is 0 Å². The summed E-state index contributed by atoms with van der Waals surface area (Å²) in [6.45, 7) is 20.4. The van der Waals surface area contributed by atoms with Crippen molar-refractivity contribution in [2.75, 3.05) is 39.3 Å². The molecule has 2 rings (SSSR count). The van der Waals surface area contributed by atoms with Crippen LogP contribution < -0.4 is 44.3 Å². The van der Waals surface area contributed by atoms with E-state index in [9.17, 15) is 0 Å². The molecule has 2 aromatic rings. The van der Waals surface area contributed by atoms with Gasteiger partial charge in [0.05, 0.1) is 10.7 Å². The van der Waals surface area contributed by atoms with Crippen LogP contribution in [0, 0.1) is 23.7 Å². The maximum Gasteiger partial charge on any atom is 0.195 e. The summed E-state index contributed by atoms with van der Waals surface area (Å²) in [7, 11) is 0. The number of aryl methyl sites for hydroxylation is 2. The van der Waals surface area contributed by atoms with E-state index in [4.69, 9.17) is 37.9 Å². The highest BCUT2D eigenvalue weighted by Gasteiger charge is 2.22. The van der Waals surface area contributed by atoms with Crippen molar-refractivity contribution in [3.8, 4) is 0 Å². The van der Waals surface area contributed by atoms with Crippen LogP contribution in [0.4, 0.5) is 0 Å². The van der Waals surface area contributed by atoms with Gasteiger partial charge in [0, 0.05) is 77.1 Å². The highest BCUT2D eigenvalue weighted by Crippen LogP contribution is 2.32. The monoisotopic (exact) mass is 1060 g/mol. The average Bonchev–Trinajstić information content (AvgIpc) is 3.42. The van der Waals surface area contributed by atoms with Gasteiger partial charge in [0.25, 0.3) is 0 Å². The lowest BCUT2D eigenvalue weighted by molar-refractivity contribution is 0.227. The Hall–Kier alpha value is -4.62. The summed E-state index contributed by atoms with van der Waals surface area (Å²) in [5.41, 5.74) is 24.5. The molecule has 0 amide bonds. The van der Waals surface area contributed by atoms with Gasteiger partial charge in [-0.25, -0.2) is 0 Å². The van der Waals surface area contributed by atoms with E-state index in [1.807, 2.05) is 0 Å². The quantitative estimate of drug-likeness (QED) is 0.0216. The van der Waals surface area contributed by atoms with E-state index in [0.29, 0.717) is 61.2 Å². The summed E-state index contributed by atoms with van der Waals surface area (Å²) in [6.07, 6.45) is 45.4. The molecule has 0 fully saturated rings. The normalized spacial score (nSPS) is 14.1.